The zero-order valence-corrected chi connectivity index (χ0v) is 15.8. The maximum Gasteiger partial charge on any atom is 0.243 e. The number of hydrogen-bond acceptors (Lipinski definition) is 5. The molecule has 146 valence electrons. The molecular weight excluding hydrogens is 354 g/mol. The van der Waals surface area contributed by atoms with Gasteiger partial charge < -0.3 is 4.98 Å². The maximum atomic E-state index is 11.4. The SMILES string of the molecule is O=C(CCCN(Cc1nc2ccccc2[nH]1)[C@H]1CCCc2cccnc21)NO. The highest BCUT2D eigenvalue weighted by atomic mass is 16.5. The summed E-state index contributed by atoms with van der Waals surface area (Å²) in [5.41, 5.74) is 6.14. The van der Waals surface area contributed by atoms with Gasteiger partial charge in [-0.3, -0.25) is 19.9 Å². The monoisotopic (exact) mass is 379 g/mol. The summed E-state index contributed by atoms with van der Waals surface area (Å²) in [6.07, 6.45) is 6.02. The van der Waals surface area contributed by atoms with Gasteiger partial charge in [-0.1, -0.05) is 18.2 Å². The number of para-hydroxylation sites is 2. The molecule has 3 aromatic rings. The van der Waals surface area contributed by atoms with E-state index in [2.05, 4.69) is 20.9 Å². The molecule has 2 heterocycles. The van der Waals surface area contributed by atoms with Crippen molar-refractivity contribution in [2.75, 3.05) is 6.54 Å². The van der Waals surface area contributed by atoms with Gasteiger partial charge in [0.1, 0.15) is 5.82 Å². The predicted molar refractivity (Wildman–Crippen MR) is 106 cm³/mol. The Labute approximate surface area is 163 Å². The van der Waals surface area contributed by atoms with E-state index in [1.165, 1.54) is 5.56 Å². The summed E-state index contributed by atoms with van der Waals surface area (Å²) in [5, 5.41) is 8.76. The fourth-order valence-corrected chi connectivity index (χ4v) is 4.06. The molecule has 0 aliphatic heterocycles. The summed E-state index contributed by atoms with van der Waals surface area (Å²) in [4.78, 5) is 26.6. The minimum Gasteiger partial charge on any atom is -0.341 e. The van der Waals surface area contributed by atoms with Crippen molar-refractivity contribution in [3.05, 3.63) is 59.7 Å². The van der Waals surface area contributed by atoms with Gasteiger partial charge in [0.15, 0.2) is 0 Å². The standard InChI is InChI=1S/C21H25N5O2/c27-20(25-28)11-5-13-26(14-19-23-16-8-1-2-9-17(16)24-19)18-10-3-6-15-7-4-12-22-21(15)18/h1-2,4,7-9,12,18,28H,3,5-6,10-11,13-14H2,(H,23,24)(H,25,27)/t18-/m0/s1. The number of aryl methyl sites for hydroxylation is 1. The Morgan fingerprint density at radius 2 is 2.18 bits per heavy atom. The van der Waals surface area contributed by atoms with Gasteiger partial charge in [0.25, 0.3) is 0 Å². The van der Waals surface area contributed by atoms with Crippen molar-refractivity contribution in [2.45, 2.75) is 44.7 Å². The third kappa shape index (κ3) is 4.05. The van der Waals surface area contributed by atoms with Crippen LogP contribution in [0.5, 0.6) is 0 Å². The van der Waals surface area contributed by atoms with Crippen LogP contribution in [-0.4, -0.2) is 37.5 Å². The first-order valence-corrected chi connectivity index (χ1v) is 9.79. The maximum absolute atomic E-state index is 11.4. The molecule has 0 saturated carbocycles. The number of benzene rings is 1. The van der Waals surface area contributed by atoms with Gasteiger partial charge in [0.05, 0.1) is 29.3 Å². The van der Waals surface area contributed by atoms with Crippen molar-refractivity contribution in [2.24, 2.45) is 0 Å². The molecule has 3 N–H and O–H groups in total. The molecule has 7 heteroatoms. The van der Waals surface area contributed by atoms with Gasteiger partial charge in [0, 0.05) is 12.6 Å². The molecule has 0 bridgehead atoms. The second-order valence-electron chi connectivity index (χ2n) is 7.27. The number of amides is 1. The van der Waals surface area contributed by atoms with Gasteiger partial charge in [-0.15, -0.1) is 0 Å². The molecule has 0 spiro atoms. The zero-order chi connectivity index (χ0) is 19.3. The van der Waals surface area contributed by atoms with Crippen LogP contribution in [0, 0.1) is 0 Å². The number of nitrogens with zero attached hydrogens (tertiary/aromatic N) is 3. The second-order valence-corrected chi connectivity index (χ2v) is 7.27. The van der Waals surface area contributed by atoms with Crippen molar-refractivity contribution >= 4 is 16.9 Å². The summed E-state index contributed by atoms with van der Waals surface area (Å²) < 4.78 is 0. The van der Waals surface area contributed by atoms with Gasteiger partial charge in [-0.2, -0.15) is 0 Å². The molecule has 0 unspecified atom stereocenters. The first-order chi connectivity index (χ1) is 13.7. The molecule has 4 rings (SSSR count). The lowest BCUT2D eigenvalue weighted by Gasteiger charge is -2.34. The molecule has 2 aromatic heterocycles. The molecule has 1 atom stereocenters. The number of pyridine rings is 1. The van der Waals surface area contributed by atoms with Crippen molar-refractivity contribution in [1.82, 2.24) is 25.3 Å². The highest BCUT2D eigenvalue weighted by molar-refractivity contribution is 5.75. The van der Waals surface area contributed by atoms with Crippen LogP contribution in [0.15, 0.2) is 42.6 Å². The number of hydroxylamine groups is 1. The number of aromatic amines is 1. The predicted octanol–water partition coefficient (Wildman–Crippen LogP) is 3.12. The quantitative estimate of drug-likeness (QED) is 0.433. The zero-order valence-electron chi connectivity index (χ0n) is 15.8. The van der Waals surface area contributed by atoms with Crippen LogP contribution < -0.4 is 5.48 Å². The van der Waals surface area contributed by atoms with Crippen LogP contribution in [-0.2, 0) is 17.8 Å². The molecule has 0 radical (unpaired) electrons. The van der Waals surface area contributed by atoms with Gasteiger partial charge in [0.2, 0.25) is 5.91 Å². The summed E-state index contributed by atoms with van der Waals surface area (Å²) in [7, 11) is 0. The Bertz CT molecular complexity index is 922. The van der Waals surface area contributed by atoms with E-state index in [-0.39, 0.29) is 18.4 Å². The molecule has 28 heavy (non-hydrogen) atoms. The van der Waals surface area contributed by atoms with Crippen LogP contribution in [0.1, 0.15) is 48.8 Å². The van der Waals surface area contributed by atoms with E-state index < -0.39 is 0 Å². The third-order valence-corrected chi connectivity index (χ3v) is 5.37. The summed E-state index contributed by atoms with van der Waals surface area (Å²) in [6, 6.07) is 12.4. The van der Waals surface area contributed by atoms with Crippen molar-refractivity contribution < 1.29 is 10.0 Å². The molecule has 0 saturated heterocycles. The molecule has 1 aliphatic carbocycles. The average Bonchev–Trinajstić information content (AvgIpc) is 3.15. The lowest BCUT2D eigenvalue weighted by atomic mass is 9.90. The molecule has 1 amide bonds. The minimum absolute atomic E-state index is 0.204. The average molecular weight is 379 g/mol. The van der Waals surface area contributed by atoms with Gasteiger partial charge in [-0.05, 0) is 56.0 Å². The van der Waals surface area contributed by atoms with E-state index in [4.69, 9.17) is 10.2 Å². The summed E-state index contributed by atoms with van der Waals surface area (Å²) >= 11 is 0. The number of imidazole rings is 1. The smallest absolute Gasteiger partial charge is 0.243 e. The van der Waals surface area contributed by atoms with Crippen LogP contribution in [0.2, 0.25) is 0 Å². The van der Waals surface area contributed by atoms with Gasteiger partial charge >= 0.3 is 0 Å². The van der Waals surface area contributed by atoms with E-state index in [0.717, 1.165) is 48.4 Å². The molecular formula is C21H25N5O2. The topological polar surface area (TPSA) is 94.1 Å². The van der Waals surface area contributed by atoms with E-state index in [1.54, 1.807) is 5.48 Å². The van der Waals surface area contributed by atoms with E-state index in [1.807, 2.05) is 36.5 Å². The Morgan fingerprint density at radius 3 is 3.04 bits per heavy atom. The summed E-state index contributed by atoms with van der Waals surface area (Å²) in [6.45, 7) is 1.39. The Morgan fingerprint density at radius 1 is 1.29 bits per heavy atom. The number of aromatic nitrogens is 3. The molecule has 0 fully saturated rings. The number of fused-ring (bicyclic) bond motifs is 2. The highest BCUT2D eigenvalue weighted by Crippen LogP contribution is 2.33. The second kappa shape index (κ2) is 8.50. The largest absolute Gasteiger partial charge is 0.341 e. The third-order valence-electron chi connectivity index (χ3n) is 5.37. The normalized spacial score (nSPS) is 16.3. The number of carbonyl (C=O) groups is 1. The van der Waals surface area contributed by atoms with Gasteiger partial charge in [-0.25, -0.2) is 10.5 Å². The molecule has 1 aromatic carbocycles. The first kappa shape index (κ1) is 18.6. The lowest BCUT2D eigenvalue weighted by Crippen LogP contribution is -2.33. The first-order valence-electron chi connectivity index (χ1n) is 9.79. The van der Waals surface area contributed by atoms with Crippen LogP contribution in [0.25, 0.3) is 11.0 Å². The minimum atomic E-state index is -0.356. The van der Waals surface area contributed by atoms with E-state index >= 15 is 0 Å². The Balaban J connectivity index is 1.57. The van der Waals surface area contributed by atoms with E-state index in [9.17, 15) is 4.79 Å². The number of rotatable bonds is 7. The number of H-pyrrole nitrogens is 1. The van der Waals surface area contributed by atoms with Crippen LogP contribution in [0.3, 0.4) is 0 Å². The summed E-state index contributed by atoms with van der Waals surface area (Å²) in [5.74, 6) is 0.557. The molecule has 7 nitrogen and oxygen atoms in total. The van der Waals surface area contributed by atoms with Crippen molar-refractivity contribution in [3.8, 4) is 0 Å². The lowest BCUT2D eigenvalue weighted by molar-refractivity contribution is -0.129. The number of carbonyl (C=O) groups excluding carboxylic acids is 1. The number of hydrogen-bond donors (Lipinski definition) is 3. The Kier molecular flexibility index (Phi) is 5.64. The fourth-order valence-electron chi connectivity index (χ4n) is 4.06. The highest BCUT2D eigenvalue weighted by Gasteiger charge is 2.27. The van der Waals surface area contributed by atoms with Crippen LogP contribution in [0.4, 0.5) is 0 Å². The Hall–Kier alpha value is -2.77. The van der Waals surface area contributed by atoms with Crippen molar-refractivity contribution in [1.29, 1.82) is 0 Å². The molecule has 1 aliphatic rings. The number of nitrogens with one attached hydrogen (secondary N) is 2. The van der Waals surface area contributed by atoms with Crippen LogP contribution >= 0.6 is 0 Å². The van der Waals surface area contributed by atoms with Crippen molar-refractivity contribution in [3.63, 3.8) is 0 Å². The fraction of sp³-hybridized carbons (Fsp3) is 0.381. The van der Waals surface area contributed by atoms with E-state index in [0.29, 0.717) is 13.0 Å².